The van der Waals surface area contributed by atoms with Gasteiger partial charge < -0.3 is 19.5 Å². The monoisotopic (exact) mass is 421 g/mol. The number of para-hydroxylation sites is 2. The van der Waals surface area contributed by atoms with Crippen LogP contribution in [0, 0.1) is 0 Å². The van der Waals surface area contributed by atoms with Gasteiger partial charge in [0.2, 0.25) is 0 Å². The number of benzene rings is 3. The number of hydrogen-bond donors (Lipinski definition) is 1. The van der Waals surface area contributed by atoms with E-state index in [-0.39, 0.29) is 12.0 Å². The number of rotatable bonds is 8. The highest BCUT2D eigenvalue weighted by Crippen LogP contribution is 2.30. The van der Waals surface area contributed by atoms with Crippen molar-refractivity contribution in [3.8, 4) is 17.2 Å². The highest BCUT2D eigenvalue weighted by Gasteiger charge is 2.21. The van der Waals surface area contributed by atoms with Crippen LogP contribution < -0.4 is 19.5 Å². The van der Waals surface area contributed by atoms with Crippen LogP contribution in [0.4, 0.5) is 0 Å². The van der Waals surface area contributed by atoms with Crippen LogP contribution >= 0.6 is 11.8 Å². The molecule has 0 saturated heterocycles. The predicted molar refractivity (Wildman–Crippen MR) is 118 cm³/mol. The number of carbonyl (C=O) groups excluding carboxylic acids is 1. The second kappa shape index (κ2) is 10.1. The quantitative estimate of drug-likeness (QED) is 0.431. The fourth-order valence-corrected chi connectivity index (χ4v) is 3.76. The number of carbonyl (C=O) groups is 1. The van der Waals surface area contributed by atoms with Gasteiger partial charge in [-0.05, 0) is 48.5 Å². The molecule has 6 heteroatoms. The van der Waals surface area contributed by atoms with Crippen LogP contribution in [0.2, 0.25) is 0 Å². The van der Waals surface area contributed by atoms with Crippen LogP contribution in [0.3, 0.4) is 0 Å². The normalized spacial score (nSPS) is 14.7. The first-order valence-electron chi connectivity index (χ1n) is 9.85. The van der Waals surface area contributed by atoms with Crippen molar-refractivity contribution in [2.45, 2.75) is 11.0 Å². The number of thioether (sulfide) groups is 1. The molecule has 1 N–H and O–H groups in total. The molecule has 0 spiro atoms. The van der Waals surface area contributed by atoms with E-state index in [0.29, 0.717) is 31.1 Å². The van der Waals surface area contributed by atoms with E-state index in [2.05, 4.69) is 17.4 Å². The molecule has 5 nitrogen and oxygen atoms in total. The van der Waals surface area contributed by atoms with Gasteiger partial charge in [0.05, 0.1) is 13.2 Å². The van der Waals surface area contributed by atoms with E-state index in [1.807, 2.05) is 54.6 Å². The van der Waals surface area contributed by atoms with E-state index in [1.165, 1.54) is 4.90 Å². The highest BCUT2D eigenvalue weighted by molar-refractivity contribution is 7.99. The summed E-state index contributed by atoms with van der Waals surface area (Å²) in [6.07, 6.45) is -0.214. The van der Waals surface area contributed by atoms with E-state index in [9.17, 15) is 4.79 Å². The lowest BCUT2D eigenvalue weighted by Gasteiger charge is -2.26. The van der Waals surface area contributed by atoms with Gasteiger partial charge >= 0.3 is 0 Å². The fraction of sp³-hybridized carbons (Fsp3) is 0.208. The maximum Gasteiger partial charge on any atom is 0.251 e. The Balaban J connectivity index is 1.19. The number of amides is 1. The Morgan fingerprint density at radius 3 is 2.50 bits per heavy atom. The van der Waals surface area contributed by atoms with E-state index in [1.54, 1.807) is 23.9 Å². The Kier molecular flexibility index (Phi) is 6.77. The lowest BCUT2D eigenvalue weighted by atomic mass is 10.2. The smallest absolute Gasteiger partial charge is 0.251 e. The molecule has 0 aliphatic carbocycles. The first-order valence-corrected chi connectivity index (χ1v) is 10.8. The lowest BCUT2D eigenvalue weighted by Crippen LogP contribution is -2.40. The number of hydrogen-bond acceptors (Lipinski definition) is 5. The zero-order valence-electron chi connectivity index (χ0n) is 16.5. The Labute approximate surface area is 180 Å². The van der Waals surface area contributed by atoms with Crippen molar-refractivity contribution >= 4 is 17.7 Å². The largest absolute Gasteiger partial charge is 0.493 e. The van der Waals surface area contributed by atoms with Crippen molar-refractivity contribution in [3.05, 3.63) is 84.4 Å². The summed E-state index contributed by atoms with van der Waals surface area (Å²) in [5, 5.41) is 2.90. The molecule has 0 bridgehead atoms. The molecule has 0 fully saturated rings. The van der Waals surface area contributed by atoms with Crippen molar-refractivity contribution in [3.63, 3.8) is 0 Å². The third-order valence-electron chi connectivity index (χ3n) is 4.54. The topological polar surface area (TPSA) is 56.8 Å². The molecule has 1 amide bonds. The molecule has 154 valence electrons. The molecule has 0 unspecified atom stereocenters. The summed E-state index contributed by atoms with van der Waals surface area (Å²) in [5.41, 5.74) is 0.582. The van der Waals surface area contributed by atoms with E-state index >= 15 is 0 Å². The fourth-order valence-electron chi connectivity index (χ4n) is 3.01. The van der Waals surface area contributed by atoms with Crippen molar-refractivity contribution < 1.29 is 19.0 Å². The van der Waals surface area contributed by atoms with Gasteiger partial charge in [-0.3, -0.25) is 4.79 Å². The van der Waals surface area contributed by atoms with E-state index in [4.69, 9.17) is 14.2 Å². The minimum atomic E-state index is -0.214. The number of ether oxygens (including phenoxy) is 3. The average molecular weight is 422 g/mol. The molecular weight excluding hydrogens is 398 g/mol. The Bertz CT molecular complexity index is 962. The molecule has 1 atom stereocenters. The Morgan fingerprint density at radius 1 is 0.967 bits per heavy atom. The van der Waals surface area contributed by atoms with Crippen LogP contribution in [0.5, 0.6) is 17.2 Å². The van der Waals surface area contributed by atoms with Gasteiger partial charge in [0.25, 0.3) is 5.91 Å². The zero-order valence-corrected chi connectivity index (χ0v) is 17.3. The lowest BCUT2D eigenvalue weighted by molar-refractivity contribution is 0.0789. The molecule has 1 aliphatic heterocycles. The van der Waals surface area contributed by atoms with Gasteiger partial charge in [0.1, 0.15) is 18.5 Å². The SMILES string of the molecule is O=C(NC[C@H]1COc2ccccc2O1)c1ccc(OCCSc2ccccc2)cc1. The summed E-state index contributed by atoms with van der Waals surface area (Å²) < 4.78 is 17.3. The Morgan fingerprint density at radius 2 is 1.70 bits per heavy atom. The summed E-state index contributed by atoms with van der Waals surface area (Å²) in [6, 6.07) is 24.9. The first-order chi connectivity index (χ1) is 14.8. The molecular formula is C24H23NO4S. The molecule has 0 radical (unpaired) electrons. The van der Waals surface area contributed by atoms with Crippen LogP contribution in [-0.2, 0) is 0 Å². The maximum absolute atomic E-state index is 12.4. The van der Waals surface area contributed by atoms with Crippen molar-refractivity contribution in [2.24, 2.45) is 0 Å². The third kappa shape index (κ3) is 5.48. The van der Waals surface area contributed by atoms with E-state index < -0.39 is 0 Å². The standard InChI is InChI=1S/C24H23NO4S/c26-24(25-16-20-17-28-22-8-4-5-9-23(22)29-20)18-10-12-19(13-11-18)27-14-15-30-21-6-2-1-3-7-21/h1-13,20H,14-17H2,(H,25,26)/t20-/m0/s1. The van der Waals surface area contributed by atoms with Gasteiger partial charge in [-0.15, -0.1) is 11.8 Å². The summed E-state index contributed by atoms with van der Waals surface area (Å²) in [6.45, 7) is 1.39. The number of fused-ring (bicyclic) bond motifs is 1. The third-order valence-corrected chi connectivity index (χ3v) is 5.51. The van der Waals surface area contributed by atoms with Gasteiger partial charge in [0.15, 0.2) is 11.5 Å². The second-order valence-electron chi connectivity index (χ2n) is 6.74. The molecule has 30 heavy (non-hydrogen) atoms. The minimum Gasteiger partial charge on any atom is -0.493 e. The van der Waals surface area contributed by atoms with Crippen molar-refractivity contribution in [2.75, 3.05) is 25.5 Å². The Hall–Kier alpha value is -3.12. The molecule has 3 aromatic rings. The van der Waals surface area contributed by atoms with Gasteiger partial charge in [0, 0.05) is 16.2 Å². The summed E-state index contributed by atoms with van der Waals surface area (Å²) >= 11 is 1.75. The van der Waals surface area contributed by atoms with Gasteiger partial charge in [-0.1, -0.05) is 30.3 Å². The average Bonchev–Trinajstić information content (AvgIpc) is 2.81. The molecule has 1 aliphatic rings. The van der Waals surface area contributed by atoms with E-state index in [0.717, 1.165) is 17.3 Å². The summed E-state index contributed by atoms with van der Waals surface area (Å²) in [4.78, 5) is 13.6. The number of nitrogens with one attached hydrogen (secondary N) is 1. The highest BCUT2D eigenvalue weighted by atomic mass is 32.2. The maximum atomic E-state index is 12.4. The zero-order chi connectivity index (χ0) is 20.6. The van der Waals surface area contributed by atoms with Crippen molar-refractivity contribution in [1.82, 2.24) is 5.32 Å². The molecule has 4 rings (SSSR count). The predicted octanol–water partition coefficient (Wildman–Crippen LogP) is 4.43. The van der Waals surface area contributed by atoms with Crippen LogP contribution in [-0.4, -0.2) is 37.5 Å². The first kappa shape index (κ1) is 20.2. The summed E-state index contributed by atoms with van der Waals surface area (Å²) in [5.74, 6) is 2.90. The van der Waals surface area contributed by atoms with Crippen LogP contribution in [0.1, 0.15) is 10.4 Å². The van der Waals surface area contributed by atoms with Crippen molar-refractivity contribution in [1.29, 1.82) is 0 Å². The van der Waals surface area contributed by atoms with Gasteiger partial charge in [-0.25, -0.2) is 0 Å². The molecule has 0 saturated carbocycles. The van der Waals surface area contributed by atoms with Crippen LogP contribution in [0.25, 0.3) is 0 Å². The second-order valence-corrected chi connectivity index (χ2v) is 7.91. The molecule has 1 heterocycles. The van der Waals surface area contributed by atoms with Crippen LogP contribution in [0.15, 0.2) is 83.8 Å². The minimum absolute atomic E-state index is 0.149. The molecule has 0 aromatic heterocycles. The molecule has 3 aromatic carbocycles. The van der Waals surface area contributed by atoms with Gasteiger partial charge in [-0.2, -0.15) is 0 Å². The summed E-state index contributed by atoms with van der Waals surface area (Å²) in [7, 11) is 0.